The van der Waals surface area contributed by atoms with Crippen molar-refractivity contribution in [2.75, 3.05) is 0 Å². The van der Waals surface area contributed by atoms with E-state index in [1.807, 2.05) is 0 Å². The zero-order valence-electron chi connectivity index (χ0n) is 5.11. The molecule has 0 aromatic carbocycles. The molecule has 2 N–H and O–H groups in total. The average molecular weight is 138 g/mol. The summed E-state index contributed by atoms with van der Waals surface area (Å²) in [5, 5.41) is 16.8. The Hall–Kier alpha value is -1.51. The van der Waals surface area contributed by atoms with Gasteiger partial charge >= 0.3 is 5.97 Å². The minimum atomic E-state index is -0.979. The fourth-order valence-electron chi connectivity index (χ4n) is 0.675. The third-order valence-electron chi connectivity index (χ3n) is 1.17. The van der Waals surface area contributed by atoms with Crippen molar-refractivity contribution in [2.24, 2.45) is 0 Å². The van der Waals surface area contributed by atoms with Crippen LogP contribution in [0.2, 0.25) is 0 Å². The Morgan fingerprint density at radius 2 is 2.20 bits per heavy atom. The van der Waals surface area contributed by atoms with Crippen LogP contribution >= 0.6 is 0 Å². The van der Waals surface area contributed by atoms with E-state index in [0.29, 0.717) is 5.57 Å². The maximum atomic E-state index is 10.2. The van der Waals surface area contributed by atoms with Gasteiger partial charge in [0.25, 0.3) is 0 Å². The molecular weight excluding hydrogens is 132 g/mol. The Morgan fingerprint density at radius 3 is 2.50 bits per heavy atom. The predicted molar refractivity (Wildman–Crippen MR) is 35.6 cm³/mol. The second-order valence-electron chi connectivity index (χ2n) is 1.87. The molecule has 1 rings (SSSR count). The highest BCUT2D eigenvalue weighted by Gasteiger charge is 2.08. The van der Waals surface area contributed by atoms with Crippen molar-refractivity contribution >= 4 is 5.97 Å². The molecule has 0 atom stereocenters. The minimum absolute atomic E-state index is 0.195. The molecule has 0 aromatic rings. The van der Waals surface area contributed by atoms with Crippen molar-refractivity contribution in [3.63, 3.8) is 0 Å². The lowest BCUT2D eigenvalue weighted by atomic mass is 10.3. The van der Waals surface area contributed by atoms with Crippen LogP contribution in [0.25, 0.3) is 0 Å². The molecule has 52 valence electrons. The molecule has 0 fully saturated rings. The first kappa shape index (κ1) is 6.61. The number of aliphatic carboxylic acids is 1. The Kier molecular flexibility index (Phi) is 1.58. The molecule has 0 aliphatic heterocycles. The van der Waals surface area contributed by atoms with Crippen molar-refractivity contribution < 1.29 is 15.0 Å². The normalized spacial score (nSPS) is 19.6. The molecule has 0 amide bonds. The molecule has 0 radical (unpaired) electrons. The van der Waals surface area contributed by atoms with E-state index in [1.165, 1.54) is 18.2 Å². The minimum Gasteiger partial charge on any atom is -0.515 e. The topological polar surface area (TPSA) is 57.5 Å². The van der Waals surface area contributed by atoms with Gasteiger partial charge < -0.3 is 10.2 Å². The maximum Gasteiger partial charge on any atom is 0.335 e. The quantitative estimate of drug-likeness (QED) is 0.531. The van der Waals surface area contributed by atoms with Gasteiger partial charge in [-0.3, -0.25) is 0 Å². The smallest absolute Gasteiger partial charge is 0.335 e. The third-order valence-corrected chi connectivity index (χ3v) is 1.17. The standard InChI is InChI=1S/C7H6O3/c8-4-5-1-2-6(3-5)7(9)10/h1-4,8H,(H,9,10)/b5-4+. The van der Waals surface area contributed by atoms with E-state index in [4.69, 9.17) is 10.2 Å². The van der Waals surface area contributed by atoms with E-state index < -0.39 is 5.97 Å². The SMILES string of the molecule is O=C(O)C1=C/C(=C/O)C=C1. The van der Waals surface area contributed by atoms with Gasteiger partial charge in [0.05, 0.1) is 11.8 Å². The summed E-state index contributed by atoms with van der Waals surface area (Å²) >= 11 is 0. The monoisotopic (exact) mass is 138 g/mol. The molecule has 1 aliphatic carbocycles. The molecule has 0 saturated heterocycles. The van der Waals surface area contributed by atoms with Crippen molar-refractivity contribution in [1.29, 1.82) is 0 Å². The van der Waals surface area contributed by atoms with Crippen molar-refractivity contribution in [2.45, 2.75) is 0 Å². The van der Waals surface area contributed by atoms with Crippen LogP contribution in [-0.4, -0.2) is 16.2 Å². The molecule has 0 heterocycles. The van der Waals surface area contributed by atoms with Crippen LogP contribution in [0.3, 0.4) is 0 Å². The zero-order chi connectivity index (χ0) is 7.56. The summed E-state index contributed by atoms with van der Waals surface area (Å²) in [5.41, 5.74) is 0.706. The highest BCUT2D eigenvalue weighted by molar-refractivity contribution is 5.92. The molecule has 0 saturated carbocycles. The fourth-order valence-corrected chi connectivity index (χ4v) is 0.675. The van der Waals surface area contributed by atoms with Gasteiger partial charge in [-0.2, -0.15) is 0 Å². The van der Waals surface area contributed by atoms with Gasteiger partial charge in [-0.25, -0.2) is 4.79 Å². The molecular formula is C7H6O3. The highest BCUT2D eigenvalue weighted by Crippen LogP contribution is 2.13. The number of aliphatic hydroxyl groups is 1. The lowest BCUT2D eigenvalue weighted by molar-refractivity contribution is -0.132. The summed E-state index contributed by atoms with van der Waals surface area (Å²) in [6.07, 6.45) is 5.22. The van der Waals surface area contributed by atoms with Crippen molar-refractivity contribution in [3.05, 3.63) is 35.6 Å². The highest BCUT2D eigenvalue weighted by atomic mass is 16.4. The van der Waals surface area contributed by atoms with Crippen LogP contribution < -0.4 is 0 Å². The molecule has 3 heteroatoms. The summed E-state index contributed by atoms with van der Waals surface area (Å²) in [4.78, 5) is 10.2. The van der Waals surface area contributed by atoms with E-state index in [2.05, 4.69) is 0 Å². The van der Waals surface area contributed by atoms with Gasteiger partial charge in [-0.1, -0.05) is 6.08 Å². The van der Waals surface area contributed by atoms with Gasteiger partial charge in [0.1, 0.15) is 0 Å². The van der Waals surface area contributed by atoms with Gasteiger partial charge in [0, 0.05) is 5.57 Å². The number of hydrogen-bond acceptors (Lipinski definition) is 2. The van der Waals surface area contributed by atoms with Gasteiger partial charge in [-0.15, -0.1) is 0 Å². The third kappa shape index (κ3) is 1.07. The maximum absolute atomic E-state index is 10.2. The Balaban J connectivity index is 2.88. The number of aliphatic hydroxyl groups excluding tert-OH is 1. The summed E-state index contributed by atoms with van der Waals surface area (Å²) in [7, 11) is 0. The molecule has 3 nitrogen and oxygen atoms in total. The Morgan fingerprint density at radius 1 is 1.50 bits per heavy atom. The first-order chi connectivity index (χ1) is 4.74. The predicted octanol–water partition coefficient (Wildman–Crippen LogP) is 1.01. The summed E-state index contributed by atoms with van der Waals surface area (Å²) in [5.74, 6) is -0.979. The van der Waals surface area contributed by atoms with Crippen LogP contribution in [-0.2, 0) is 4.79 Å². The van der Waals surface area contributed by atoms with Gasteiger partial charge in [0.15, 0.2) is 0 Å². The van der Waals surface area contributed by atoms with E-state index in [-0.39, 0.29) is 5.57 Å². The molecule has 10 heavy (non-hydrogen) atoms. The molecule has 0 bridgehead atoms. The Labute approximate surface area is 57.6 Å². The number of hydrogen-bond donors (Lipinski definition) is 2. The number of allylic oxidation sites excluding steroid dienone is 3. The van der Waals surface area contributed by atoms with Gasteiger partial charge in [0.2, 0.25) is 0 Å². The summed E-state index contributed by atoms with van der Waals surface area (Å²) < 4.78 is 0. The van der Waals surface area contributed by atoms with E-state index in [1.54, 1.807) is 0 Å². The van der Waals surface area contributed by atoms with Gasteiger partial charge in [-0.05, 0) is 12.2 Å². The van der Waals surface area contributed by atoms with Crippen LogP contribution in [0.5, 0.6) is 0 Å². The second-order valence-corrected chi connectivity index (χ2v) is 1.87. The number of carboxylic acid groups (broad SMARTS) is 1. The van der Waals surface area contributed by atoms with Crippen LogP contribution in [0, 0.1) is 0 Å². The lowest BCUT2D eigenvalue weighted by Crippen LogP contribution is -1.94. The largest absolute Gasteiger partial charge is 0.515 e. The van der Waals surface area contributed by atoms with Crippen molar-refractivity contribution in [3.8, 4) is 0 Å². The van der Waals surface area contributed by atoms with Crippen LogP contribution in [0.1, 0.15) is 0 Å². The summed E-state index contributed by atoms with van der Waals surface area (Å²) in [6, 6.07) is 0. The zero-order valence-corrected chi connectivity index (χ0v) is 5.11. The second kappa shape index (κ2) is 2.39. The number of rotatable bonds is 1. The molecule has 0 aromatic heterocycles. The first-order valence-electron chi connectivity index (χ1n) is 2.71. The first-order valence-corrected chi connectivity index (χ1v) is 2.71. The fraction of sp³-hybridized carbons (Fsp3) is 0. The van der Waals surface area contributed by atoms with Crippen LogP contribution in [0.15, 0.2) is 35.6 Å². The van der Waals surface area contributed by atoms with Crippen molar-refractivity contribution in [1.82, 2.24) is 0 Å². The number of carbonyl (C=O) groups is 1. The Bertz CT molecular complexity index is 246. The number of carboxylic acids is 1. The van der Waals surface area contributed by atoms with E-state index in [9.17, 15) is 4.79 Å². The van der Waals surface area contributed by atoms with Crippen LogP contribution in [0.4, 0.5) is 0 Å². The average Bonchev–Trinajstić information content (AvgIpc) is 2.34. The molecule has 0 spiro atoms. The summed E-state index contributed by atoms with van der Waals surface area (Å²) in [6.45, 7) is 0. The molecule has 0 unspecified atom stereocenters. The van der Waals surface area contributed by atoms with E-state index in [0.717, 1.165) is 6.26 Å². The lowest BCUT2D eigenvalue weighted by Gasteiger charge is -1.84. The van der Waals surface area contributed by atoms with E-state index >= 15 is 0 Å². The molecule has 1 aliphatic rings.